The second-order valence-corrected chi connectivity index (χ2v) is 5.85. The van der Waals surface area contributed by atoms with Crippen LogP contribution in [0, 0.1) is 0 Å². The molecule has 0 saturated heterocycles. The van der Waals surface area contributed by atoms with Gasteiger partial charge in [0.1, 0.15) is 0 Å². The molecule has 0 aliphatic carbocycles. The number of nitrogens with one attached hydrogen (secondary N) is 1. The van der Waals surface area contributed by atoms with Gasteiger partial charge < -0.3 is 5.73 Å². The minimum absolute atomic E-state index is 0.211. The summed E-state index contributed by atoms with van der Waals surface area (Å²) in [6.45, 7) is 2.75. The molecule has 2 aromatic carbocycles. The number of hydrogen-bond acceptors (Lipinski definition) is 5. The first kappa shape index (κ1) is 18.9. The lowest BCUT2D eigenvalue weighted by Gasteiger charge is -2.18. The molecule has 0 fully saturated rings. The van der Waals surface area contributed by atoms with E-state index in [9.17, 15) is 9.59 Å². The largest absolute Gasteiger partial charge is 0.330 e. The highest BCUT2D eigenvalue weighted by atomic mass is 16.2. The number of benzene rings is 2. The molecule has 0 heterocycles. The molecule has 0 spiro atoms. The van der Waals surface area contributed by atoms with Crippen molar-refractivity contribution in [2.45, 2.75) is 26.2 Å². The van der Waals surface area contributed by atoms with Gasteiger partial charge in [-0.3, -0.25) is 20.0 Å². The van der Waals surface area contributed by atoms with Crippen molar-refractivity contribution in [3.8, 4) is 0 Å². The molecule has 0 radical (unpaired) electrons. The summed E-state index contributed by atoms with van der Waals surface area (Å²) in [7, 11) is 0. The van der Waals surface area contributed by atoms with E-state index in [1.807, 2.05) is 18.2 Å². The first-order valence-electron chi connectivity index (χ1n) is 8.36. The van der Waals surface area contributed by atoms with E-state index in [2.05, 4.69) is 5.43 Å². The van der Waals surface area contributed by atoms with Crippen molar-refractivity contribution in [2.24, 2.45) is 17.4 Å². The van der Waals surface area contributed by atoms with E-state index >= 15 is 0 Å². The Labute approximate surface area is 147 Å². The van der Waals surface area contributed by atoms with Gasteiger partial charge in [0.05, 0.1) is 11.1 Å². The van der Waals surface area contributed by atoms with Gasteiger partial charge in [0.25, 0.3) is 11.8 Å². The number of nitrogens with zero attached hydrogens (tertiary/aromatic N) is 1. The molecule has 7 nitrogen and oxygen atoms in total. The Hall–Kier alpha value is -2.48. The van der Waals surface area contributed by atoms with Gasteiger partial charge in [-0.05, 0) is 55.1 Å². The van der Waals surface area contributed by atoms with Crippen molar-refractivity contribution < 1.29 is 9.59 Å². The molecular formula is C18H25N5O2. The Kier molecular flexibility index (Phi) is 6.46. The molecule has 134 valence electrons. The van der Waals surface area contributed by atoms with Crippen molar-refractivity contribution in [1.82, 2.24) is 10.4 Å². The minimum atomic E-state index is -0.525. The third kappa shape index (κ3) is 4.14. The lowest BCUT2D eigenvalue weighted by Crippen LogP contribution is -2.39. The summed E-state index contributed by atoms with van der Waals surface area (Å²) >= 11 is 0. The van der Waals surface area contributed by atoms with Gasteiger partial charge in [-0.2, -0.15) is 0 Å². The number of rotatable bonds is 7. The maximum atomic E-state index is 12.8. The van der Waals surface area contributed by atoms with Crippen molar-refractivity contribution in [1.29, 1.82) is 0 Å². The van der Waals surface area contributed by atoms with E-state index in [0.717, 1.165) is 35.2 Å². The van der Waals surface area contributed by atoms with Crippen LogP contribution in [0.3, 0.4) is 0 Å². The maximum Gasteiger partial charge on any atom is 0.269 e. The SMILES string of the molecule is CCN(N)C(=O)c1c(C(=O)NN)ccc2ccc(CCCCN)cc12. The van der Waals surface area contributed by atoms with E-state index < -0.39 is 11.8 Å². The molecule has 7 heteroatoms. The van der Waals surface area contributed by atoms with Crippen LogP contribution >= 0.6 is 0 Å². The van der Waals surface area contributed by atoms with E-state index in [4.69, 9.17) is 17.4 Å². The Bertz CT molecular complexity index is 775. The van der Waals surface area contributed by atoms with Crippen LogP contribution in [-0.2, 0) is 6.42 Å². The number of carbonyl (C=O) groups is 2. The predicted molar refractivity (Wildman–Crippen MR) is 98.5 cm³/mol. The fourth-order valence-electron chi connectivity index (χ4n) is 2.78. The number of nitrogen functional groups attached to an aromatic ring is 1. The molecule has 2 aromatic rings. The van der Waals surface area contributed by atoms with Crippen LogP contribution in [0.25, 0.3) is 10.8 Å². The summed E-state index contributed by atoms with van der Waals surface area (Å²) in [6, 6.07) is 9.30. The first-order chi connectivity index (χ1) is 12.0. The number of carbonyl (C=O) groups excluding carboxylic acids is 2. The molecule has 0 atom stereocenters. The van der Waals surface area contributed by atoms with Crippen molar-refractivity contribution >= 4 is 22.6 Å². The number of fused-ring (bicyclic) bond motifs is 1. The van der Waals surface area contributed by atoms with E-state index in [0.29, 0.717) is 18.5 Å². The van der Waals surface area contributed by atoms with Gasteiger partial charge >= 0.3 is 0 Å². The average Bonchev–Trinajstić information content (AvgIpc) is 2.65. The molecule has 0 unspecified atom stereocenters. The fourth-order valence-corrected chi connectivity index (χ4v) is 2.78. The zero-order valence-electron chi connectivity index (χ0n) is 14.4. The maximum absolute atomic E-state index is 12.8. The average molecular weight is 343 g/mol. The standard InChI is InChI=1S/C18H25N5O2/c1-2-23(21)18(25)16-14(17(24)22-20)9-8-13-7-6-12(11-15(13)16)5-3-4-10-19/h6-9,11H,2-5,10,19-21H2,1H3,(H,22,24). The van der Waals surface area contributed by atoms with Crippen LogP contribution in [0.1, 0.15) is 46.0 Å². The quantitative estimate of drug-likeness (QED) is 0.259. The number of nitrogens with two attached hydrogens (primary N) is 3. The van der Waals surface area contributed by atoms with Crippen LogP contribution in [0.5, 0.6) is 0 Å². The highest BCUT2D eigenvalue weighted by molar-refractivity contribution is 6.15. The highest BCUT2D eigenvalue weighted by Crippen LogP contribution is 2.26. The second-order valence-electron chi connectivity index (χ2n) is 5.85. The van der Waals surface area contributed by atoms with Gasteiger partial charge in [0.2, 0.25) is 0 Å². The van der Waals surface area contributed by atoms with Crippen LogP contribution in [0.2, 0.25) is 0 Å². The van der Waals surface area contributed by atoms with E-state index in [-0.39, 0.29) is 11.1 Å². The molecule has 0 saturated carbocycles. The van der Waals surface area contributed by atoms with Crippen LogP contribution in [-0.4, -0.2) is 29.9 Å². The predicted octanol–water partition coefficient (Wildman–Crippen LogP) is 1.06. The van der Waals surface area contributed by atoms with Crippen molar-refractivity contribution in [3.63, 3.8) is 0 Å². The van der Waals surface area contributed by atoms with Crippen molar-refractivity contribution in [3.05, 3.63) is 47.0 Å². The molecule has 25 heavy (non-hydrogen) atoms. The van der Waals surface area contributed by atoms with Gasteiger partial charge in [-0.1, -0.05) is 24.3 Å². The first-order valence-corrected chi connectivity index (χ1v) is 8.36. The van der Waals surface area contributed by atoms with Crippen LogP contribution in [0.15, 0.2) is 30.3 Å². The zero-order valence-corrected chi connectivity index (χ0v) is 14.4. The minimum Gasteiger partial charge on any atom is -0.330 e. The molecular weight excluding hydrogens is 318 g/mol. The van der Waals surface area contributed by atoms with Gasteiger partial charge in [0.15, 0.2) is 0 Å². The lowest BCUT2D eigenvalue weighted by molar-refractivity contribution is 0.0760. The Morgan fingerprint density at radius 2 is 1.88 bits per heavy atom. The van der Waals surface area contributed by atoms with Crippen LogP contribution in [0.4, 0.5) is 0 Å². The zero-order chi connectivity index (χ0) is 18.4. The smallest absolute Gasteiger partial charge is 0.269 e. The molecule has 7 N–H and O–H groups in total. The number of hydrogen-bond donors (Lipinski definition) is 4. The molecule has 0 bridgehead atoms. The molecule has 2 rings (SSSR count). The second kappa shape index (κ2) is 8.57. The van der Waals surface area contributed by atoms with E-state index in [1.165, 1.54) is 0 Å². The summed E-state index contributed by atoms with van der Waals surface area (Å²) in [6.07, 6.45) is 2.76. The summed E-state index contributed by atoms with van der Waals surface area (Å²) < 4.78 is 0. The number of amides is 2. The normalized spacial score (nSPS) is 10.7. The van der Waals surface area contributed by atoms with Crippen molar-refractivity contribution in [2.75, 3.05) is 13.1 Å². The number of unbranched alkanes of at least 4 members (excludes halogenated alkanes) is 1. The van der Waals surface area contributed by atoms with Gasteiger partial charge in [-0.15, -0.1) is 0 Å². The third-order valence-corrected chi connectivity index (χ3v) is 4.20. The Morgan fingerprint density at radius 1 is 1.16 bits per heavy atom. The third-order valence-electron chi connectivity index (χ3n) is 4.20. The number of aryl methyl sites for hydroxylation is 1. The number of hydrazine groups is 2. The van der Waals surface area contributed by atoms with E-state index in [1.54, 1.807) is 19.1 Å². The monoisotopic (exact) mass is 343 g/mol. The van der Waals surface area contributed by atoms with Gasteiger partial charge in [0, 0.05) is 6.54 Å². The lowest BCUT2D eigenvalue weighted by atomic mass is 9.94. The Balaban J connectivity index is 2.60. The summed E-state index contributed by atoms with van der Waals surface area (Å²) in [5.74, 6) is 10.1. The Morgan fingerprint density at radius 3 is 2.52 bits per heavy atom. The molecule has 0 aromatic heterocycles. The molecule has 0 aliphatic rings. The summed E-state index contributed by atoms with van der Waals surface area (Å²) in [4.78, 5) is 24.9. The highest BCUT2D eigenvalue weighted by Gasteiger charge is 2.22. The fraction of sp³-hybridized carbons (Fsp3) is 0.333. The summed E-state index contributed by atoms with van der Waals surface area (Å²) in [5, 5.41) is 2.65. The topological polar surface area (TPSA) is 127 Å². The van der Waals surface area contributed by atoms with Gasteiger partial charge in [-0.25, -0.2) is 11.7 Å². The molecule has 2 amide bonds. The summed E-state index contributed by atoms with van der Waals surface area (Å²) in [5.41, 5.74) is 9.20. The molecule has 0 aliphatic heterocycles. The van der Waals surface area contributed by atoms with Crippen LogP contribution < -0.4 is 22.8 Å².